The van der Waals surface area contributed by atoms with Gasteiger partial charge in [-0.15, -0.1) is 0 Å². The summed E-state index contributed by atoms with van der Waals surface area (Å²) in [6.07, 6.45) is 2.70. The summed E-state index contributed by atoms with van der Waals surface area (Å²) in [6.45, 7) is 1.77. The van der Waals surface area contributed by atoms with E-state index in [0.717, 1.165) is 54.9 Å². The molecule has 1 aromatic heterocycles. The van der Waals surface area contributed by atoms with E-state index in [2.05, 4.69) is 53.4 Å². The Balaban J connectivity index is 1.57. The van der Waals surface area contributed by atoms with Gasteiger partial charge in [0, 0.05) is 31.0 Å². The monoisotopic (exact) mass is 425 g/mol. The molecule has 0 aliphatic carbocycles. The van der Waals surface area contributed by atoms with Crippen molar-refractivity contribution in [3.8, 4) is 11.5 Å². The Bertz CT molecular complexity index is 1240. The maximum Gasteiger partial charge on any atom is 0.162 e. The molecule has 0 radical (unpaired) electrons. The molecule has 1 aliphatic rings. The second kappa shape index (κ2) is 8.87. The van der Waals surface area contributed by atoms with E-state index < -0.39 is 0 Å². The first kappa shape index (κ1) is 20.3. The van der Waals surface area contributed by atoms with Gasteiger partial charge < -0.3 is 14.4 Å². The van der Waals surface area contributed by atoms with Crippen LogP contribution in [0, 0.1) is 0 Å². The van der Waals surface area contributed by atoms with E-state index in [9.17, 15) is 0 Å². The van der Waals surface area contributed by atoms with Crippen LogP contribution < -0.4 is 14.4 Å². The fourth-order valence-corrected chi connectivity index (χ4v) is 4.42. The Morgan fingerprint density at radius 1 is 0.812 bits per heavy atom. The minimum absolute atomic E-state index is 0.683. The molecule has 0 unspecified atom stereocenters. The molecule has 3 aromatic carbocycles. The van der Waals surface area contributed by atoms with E-state index in [1.165, 1.54) is 16.7 Å². The molecule has 0 fully saturated rings. The number of rotatable bonds is 6. The van der Waals surface area contributed by atoms with E-state index >= 15 is 0 Å². The maximum atomic E-state index is 5.58. The molecule has 0 saturated heterocycles. The van der Waals surface area contributed by atoms with E-state index in [4.69, 9.17) is 19.4 Å². The summed E-state index contributed by atoms with van der Waals surface area (Å²) in [6, 6.07) is 23.1. The molecule has 4 aromatic rings. The molecule has 1 aliphatic heterocycles. The van der Waals surface area contributed by atoms with Gasteiger partial charge in [0.25, 0.3) is 0 Å². The predicted molar refractivity (Wildman–Crippen MR) is 128 cm³/mol. The Kier molecular flexibility index (Phi) is 5.63. The van der Waals surface area contributed by atoms with Crippen LogP contribution in [0.15, 0.2) is 66.7 Å². The van der Waals surface area contributed by atoms with Crippen molar-refractivity contribution in [3.63, 3.8) is 0 Å². The molecule has 0 spiro atoms. The minimum atomic E-state index is 0.683. The molecule has 5 nitrogen and oxygen atoms in total. The molecule has 0 atom stereocenters. The van der Waals surface area contributed by atoms with Gasteiger partial charge >= 0.3 is 0 Å². The highest BCUT2D eigenvalue weighted by Crippen LogP contribution is 2.36. The largest absolute Gasteiger partial charge is 0.493 e. The molecule has 2 heterocycles. The van der Waals surface area contributed by atoms with Crippen molar-refractivity contribution in [3.05, 3.63) is 89.2 Å². The lowest BCUT2D eigenvalue weighted by Crippen LogP contribution is -2.31. The molecule has 0 N–H and O–H groups in total. The summed E-state index contributed by atoms with van der Waals surface area (Å²) < 4.78 is 11.1. The zero-order valence-corrected chi connectivity index (χ0v) is 18.5. The van der Waals surface area contributed by atoms with Gasteiger partial charge in [-0.1, -0.05) is 54.6 Å². The predicted octanol–water partition coefficient (Wildman–Crippen LogP) is 4.99. The van der Waals surface area contributed by atoms with Crippen LogP contribution in [0.3, 0.4) is 0 Å². The van der Waals surface area contributed by atoms with E-state index in [1.807, 2.05) is 18.2 Å². The van der Waals surface area contributed by atoms with Gasteiger partial charge in [0.2, 0.25) is 0 Å². The quantitative estimate of drug-likeness (QED) is 0.435. The van der Waals surface area contributed by atoms with Crippen LogP contribution in [0.25, 0.3) is 10.9 Å². The van der Waals surface area contributed by atoms with Crippen LogP contribution >= 0.6 is 0 Å². The van der Waals surface area contributed by atoms with Gasteiger partial charge in [-0.2, -0.15) is 0 Å². The molecular formula is C27H27N3O2. The summed E-state index contributed by atoms with van der Waals surface area (Å²) >= 11 is 0. The second-order valence-corrected chi connectivity index (χ2v) is 8.11. The number of anilines is 1. The first-order chi connectivity index (χ1) is 15.7. The number of aryl methyl sites for hydroxylation is 2. The summed E-state index contributed by atoms with van der Waals surface area (Å²) in [5.41, 5.74) is 4.95. The van der Waals surface area contributed by atoms with Gasteiger partial charge in [-0.05, 0) is 35.6 Å². The van der Waals surface area contributed by atoms with Crippen molar-refractivity contribution in [2.75, 3.05) is 25.7 Å². The number of nitrogens with zero attached hydrogens (tertiary/aromatic N) is 3. The first-order valence-corrected chi connectivity index (χ1v) is 11.0. The molecule has 0 saturated carbocycles. The summed E-state index contributed by atoms with van der Waals surface area (Å²) in [5, 5.41) is 0.991. The number of fused-ring (bicyclic) bond motifs is 2. The van der Waals surface area contributed by atoms with Gasteiger partial charge in [0.15, 0.2) is 11.5 Å². The lowest BCUT2D eigenvalue weighted by atomic mass is 9.99. The normalized spacial score (nSPS) is 13.1. The average Bonchev–Trinajstić information content (AvgIpc) is 2.86. The zero-order chi connectivity index (χ0) is 21.9. The Labute approximate surface area is 188 Å². The van der Waals surface area contributed by atoms with E-state index in [1.54, 1.807) is 14.2 Å². The molecular weight excluding hydrogens is 398 g/mol. The van der Waals surface area contributed by atoms with Crippen LogP contribution in [0.5, 0.6) is 11.5 Å². The lowest BCUT2D eigenvalue weighted by Gasteiger charge is -2.31. The highest BCUT2D eigenvalue weighted by molar-refractivity contribution is 5.92. The number of aromatic nitrogens is 2. The summed E-state index contributed by atoms with van der Waals surface area (Å²) in [5.74, 6) is 3.19. The number of benzene rings is 3. The number of ether oxygens (including phenoxy) is 2. The van der Waals surface area contributed by atoms with Crippen molar-refractivity contribution in [1.82, 2.24) is 9.97 Å². The van der Waals surface area contributed by atoms with Gasteiger partial charge in [-0.3, -0.25) is 0 Å². The van der Waals surface area contributed by atoms with Crippen LogP contribution in [0.1, 0.15) is 22.5 Å². The highest BCUT2D eigenvalue weighted by Gasteiger charge is 2.22. The molecule has 32 heavy (non-hydrogen) atoms. The van der Waals surface area contributed by atoms with Crippen molar-refractivity contribution >= 4 is 16.7 Å². The minimum Gasteiger partial charge on any atom is -0.493 e. The van der Waals surface area contributed by atoms with Crippen LogP contribution in [-0.2, 0) is 25.8 Å². The van der Waals surface area contributed by atoms with Gasteiger partial charge in [0.05, 0.1) is 19.7 Å². The van der Waals surface area contributed by atoms with Crippen LogP contribution in [0.2, 0.25) is 0 Å². The van der Waals surface area contributed by atoms with E-state index in [-0.39, 0.29) is 0 Å². The highest BCUT2D eigenvalue weighted by atomic mass is 16.5. The van der Waals surface area contributed by atoms with E-state index in [0.29, 0.717) is 11.5 Å². The third-order valence-electron chi connectivity index (χ3n) is 6.14. The standard InChI is InChI=1S/C27H27N3O2/c1-31-24-16-22-23(17-25(24)32-2)28-26(13-12-19-8-4-3-5-9-19)29-27(22)30-15-14-20-10-6-7-11-21(20)18-30/h3-11,16-17H,12-15,18H2,1-2H3. The van der Waals surface area contributed by atoms with Crippen LogP contribution in [0.4, 0.5) is 5.82 Å². The number of hydrogen-bond acceptors (Lipinski definition) is 5. The third kappa shape index (κ3) is 3.98. The van der Waals surface area contributed by atoms with Gasteiger partial charge in [-0.25, -0.2) is 9.97 Å². The summed E-state index contributed by atoms with van der Waals surface area (Å²) in [7, 11) is 3.32. The molecule has 5 rings (SSSR count). The van der Waals surface area contributed by atoms with Gasteiger partial charge in [0.1, 0.15) is 11.6 Å². The topological polar surface area (TPSA) is 47.5 Å². The van der Waals surface area contributed by atoms with Crippen molar-refractivity contribution in [1.29, 1.82) is 0 Å². The van der Waals surface area contributed by atoms with Crippen LogP contribution in [-0.4, -0.2) is 30.7 Å². The number of hydrogen-bond donors (Lipinski definition) is 0. The van der Waals surface area contributed by atoms with Crippen molar-refractivity contribution < 1.29 is 9.47 Å². The summed E-state index contributed by atoms with van der Waals surface area (Å²) in [4.78, 5) is 12.3. The zero-order valence-electron chi connectivity index (χ0n) is 18.5. The third-order valence-corrected chi connectivity index (χ3v) is 6.14. The molecule has 0 amide bonds. The number of methoxy groups -OCH3 is 2. The SMILES string of the molecule is COc1cc2nc(CCc3ccccc3)nc(N3CCc4ccccc4C3)c2cc1OC. The van der Waals surface area contributed by atoms with Crippen molar-refractivity contribution in [2.45, 2.75) is 25.8 Å². The maximum absolute atomic E-state index is 5.58. The Hall–Kier alpha value is -3.60. The smallest absolute Gasteiger partial charge is 0.162 e. The second-order valence-electron chi connectivity index (χ2n) is 8.11. The Morgan fingerprint density at radius 2 is 1.53 bits per heavy atom. The fraction of sp³-hybridized carbons (Fsp3) is 0.259. The molecule has 0 bridgehead atoms. The first-order valence-electron chi connectivity index (χ1n) is 11.0. The van der Waals surface area contributed by atoms with Crippen molar-refractivity contribution in [2.24, 2.45) is 0 Å². The molecule has 5 heteroatoms. The Morgan fingerprint density at radius 3 is 2.31 bits per heavy atom. The average molecular weight is 426 g/mol. The molecule has 162 valence electrons. The fourth-order valence-electron chi connectivity index (χ4n) is 4.42. The lowest BCUT2D eigenvalue weighted by molar-refractivity contribution is 0.355.